The molecule has 1 saturated carbocycles. The van der Waals surface area contributed by atoms with Crippen LogP contribution in [-0.2, 0) is 4.79 Å². The van der Waals surface area contributed by atoms with Crippen LogP contribution in [-0.4, -0.2) is 35.2 Å². The molecular formula is C13H23NO2S. The number of carbonyl (C=O) groups is 1. The zero-order chi connectivity index (χ0) is 12.8. The molecule has 0 bridgehead atoms. The number of hydrogen-bond acceptors (Lipinski definition) is 3. The summed E-state index contributed by atoms with van der Waals surface area (Å²) in [7, 11) is 0. The quantitative estimate of drug-likeness (QED) is 0.742. The van der Waals surface area contributed by atoms with E-state index in [9.17, 15) is 9.90 Å². The number of nitrogens with one attached hydrogen (secondary N) is 1. The second-order valence-corrected chi connectivity index (χ2v) is 5.73. The Morgan fingerprint density at radius 1 is 1.47 bits per heavy atom. The van der Waals surface area contributed by atoms with Gasteiger partial charge in [0.1, 0.15) is 0 Å². The summed E-state index contributed by atoms with van der Waals surface area (Å²) in [6.45, 7) is 3.95. The fourth-order valence-electron chi connectivity index (χ4n) is 2.18. The first kappa shape index (κ1) is 14.6. The molecule has 2 N–H and O–H groups in total. The van der Waals surface area contributed by atoms with Gasteiger partial charge in [-0.2, -0.15) is 11.8 Å². The second kappa shape index (κ2) is 7.07. The third-order valence-corrected chi connectivity index (χ3v) is 4.64. The van der Waals surface area contributed by atoms with E-state index in [4.69, 9.17) is 0 Å². The molecule has 0 aromatic carbocycles. The summed E-state index contributed by atoms with van der Waals surface area (Å²) in [4.78, 5) is 12.0. The lowest BCUT2D eigenvalue weighted by Crippen LogP contribution is -2.41. The van der Waals surface area contributed by atoms with Gasteiger partial charge in [-0.1, -0.05) is 5.57 Å². The smallest absolute Gasteiger partial charge is 0.247 e. The molecule has 0 aromatic heterocycles. The minimum Gasteiger partial charge on any atom is -0.395 e. The van der Waals surface area contributed by atoms with Crippen LogP contribution in [0.2, 0.25) is 0 Å². The van der Waals surface area contributed by atoms with Gasteiger partial charge in [0.25, 0.3) is 0 Å². The van der Waals surface area contributed by atoms with Crippen molar-refractivity contribution in [1.82, 2.24) is 5.32 Å². The summed E-state index contributed by atoms with van der Waals surface area (Å²) in [5, 5.41) is 12.2. The Bertz CT molecular complexity index is 290. The Hall–Kier alpha value is -0.480. The van der Waals surface area contributed by atoms with E-state index in [0.717, 1.165) is 18.4 Å². The van der Waals surface area contributed by atoms with Crippen molar-refractivity contribution < 1.29 is 9.90 Å². The highest BCUT2D eigenvalue weighted by molar-refractivity contribution is 7.99. The highest BCUT2D eigenvalue weighted by Crippen LogP contribution is 2.26. The Morgan fingerprint density at radius 3 is 2.53 bits per heavy atom. The molecule has 2 atom stereocenters. The first-order chi connectivity index (χ1) is 8.10. The largest absolute Gasteiger partial charge is 0.395 e. The molecular weight excluding hydrogens is 234 g/mol. The molecule has 0 heterocycles. The molecule has 4 heteroatoms. The molecule has 1 amide bonds. The maximum atomic E-state index is 12.0. The molecule has 0 aromatic rings. The average molecular weight is 257 g/mol. The molecule has 0 unspecified atom stereocenters. The molecule has 0 spiro atoms. The summed E-state index contributed by atoms with van der Waals surface area (Å²) in [5.74, 6) is 0.0295. The van der Waals surface area contributed by atoms with Gasteiger partial charge in [-0.3, -0.25) is 4.79 Å². The predicted molar refractivity (Wildman–Crippen MR) is 73.2 cm³/mol. The molecule has 1 rings (SSSR count). The van der Waals surface area contributed by atoms with Crippen molar-refractivity contribution in [3.8, 4) is 0 Å². The number of hydrogen-bond donors (Lipinski definition) is 2. The van der Waals surface area contributed by atoms with Gasteiger partial charge in [-0.05, 0) is 45.8 Å². The van der Waals surface area contributed by atoms with E-state index in [1.807, 2.05) is 20.1 Å². The molecule has 3 nitrogen and oxygen atoms in total. The van der Waals surface area contributed by atoms with Gasteiger partial charge in [0, 0.05) is 16.9 Å². The highest BCUT2D eigenvalue weighted by atomic mass is 32.2. The average Bonchev–Trinajstić information content (AvgIpc) is 2.83. The Kier molecular flexibility index (Phi) is 6.06. The second-order valence-electron chi connectivity index (χ2n) is 4.65. The normalized spacial score (nSPS) is 18.9. The lowest BCUT2D eigenvalue weighted by molar-refractivity contribution is -0.118. The monoisotopic (exact) mass is 257 g/mol. The standard InChI is InChI=1S/C13H23NO2S/c1-9(11-6-4-5-7-11)13(16)14-10(2)12(8-15)17-3/h10,12,15H,4-8H2,1-3H3,(H,14,16)/t10-,12-/m0/s1. The van der Waals surface area contributed by atoms with Crippen LogP contribution in [0.5, 0.6) is 0 Å². The van der Waals surface area contributed by atoms with Crippen molar-refractivity contribution in [3.05, 3.63) is 11.1 Å². The van der Waals surface area contributed by atoms with Gasteiger partial charge >= 0.3 is 0 Å². The van der Waals surface area contributed by atoms with Gasteiger partial charge in [0.2, 0.25) is 5.91 Å². The van der Waals surface area contributed by atoms with Crippen LogP contribution >= 0.6 is 11.8 Å². The van der Waals surface area contributed by atoms with Gasteiger partial charge in [0.15, 0.2) is 0 Å². The summed E-state index contributed by atoms with van der Waals surface area (Å²) in [6, 6.07) is -0.000506. The number of aliphatic hydroxyl groups excluding tert-OH is 1. The maximum Gasteiger partial charge on any atom is 0.247 e. The summed E-state index contributed by atoms with van der Waals surface area (Å²) >= 11 is 1.58. The first-order valence-corrected chi connectivity index (χ1v) is 7.52. The number of aliphatic hydroxyl groups is 1. The Balaban J connectivity index is 2.56. The van der Waals surface area contributed by atoms with Gasteiger partial charge in [-0.25, -0.2) is 0 Å². The first-order valence-electron chi connectivity index (χ1n) is 6.23. The van der Waals surface area contributed by atoms with E-state index in [-0.39, 0.29) is 23.8 Å². The minimum absolute atomic E-state index is 0.000506. The topological polar surface area (TPSA) is 49.3 Å². The molecule has 17 heavy (non-hydrogen) atoms. The lowest BCUT2D eigenvalue weighted by Gasteiger charge is -2.21. The van der Waals surface area contributed by atoms with Crippen LogP contribution in [0.3, 0.4) is 0 Å². The lowest BCUT2D eigenvalue weighted by atomic mass is 10.1. The van der Waals surface area contributed by atoms with Crippen molar-refractivity contribution in [3.63, 3.8) is 0 Å². The Morgan fingerprint density at radius 2 is 2.06 bits per heavy atom. The summed E-state index contributed by atoms with van der Waals surface area (Å²) in [6.07, 6.45) is 6.50. The van der Waals surface area contributed by atoms with E-state index in [2.05, 4.69) is 5.32 Å². The number of thioether (sulfide) groups is 1. The molecule has 0 aliphatic heterocycles. The van der Waals surface area contributed by atoms with Crippen LogP contribution in [0.15, 0.2) is 11.1 Å². The van der Waals surface area contributed by atoms with Gasteiger partial charge in [0.05, 0.1) is 6.61 Å². The third-order valence-electron chi connectivity index (χ3n) is 3.48. The van der Waals surface area contributed by atoms with E-state index in [1.165, 1.54) is 18.4 Å². The van der Waals surface area contributed by atoms with Gasteiger partial charge in [-0.15, -0.1) is 0 Å². The van der Waals surface area contributed by atoms with Crippen molar-refractivity contribution in [1.29, 1.82) is 0 Å². The number of rotatable bonds is 5. The molecule has 1 fully saturated rings. The highest BCUT2D eigenvalue weighted by Gasteiger charge is 2.20. The maximum absolute atomic E-state index is 12.0. The van der Waals surface area contributed by atoms with Crippen molar-refractivity contribution in [2.24, 2.45) is 0 Å². The van der Waals surface area contributed by atoms with Crippen molar-refractivity contribution >= 4 is 17.7 Å². The third kappa shape index (κ3) is 4.03. The van der Waals surface area contributed by atoms with Crippen molar-refractivity contribution in [2.75, 3.05) is 12.9 Å². The number of carbonyl (C=O) groups excluding carboxylic acids is 1. The van der Waals surface area contributed by atoms with E-state index < -0.39 is 0 Å². The minimum atomic E-state index is -0.000506. The fourth-order valence-corrected chi connectivity index (χ4v) is 2.81. The molecule has 0 saturated heterocycles. The number of allylic oxidation sites excluding steroid dienone is 1. The van der Waals surface area contributed by atoms with Crippen LogP contribution in [0.1, 0.15) is 39.5 Å². The van der Waals surface area contributed by atoms with Crippen molar-refractivity contribution in [2.45, 2.75) is 50.8 Å². The van der Waals surface area contributed by atoms with E-state index in [1.54, 1.807) is 11.8 Å². The zero-order valence-electron chi connectivity index (χ0n) is 11.0. The Labute approximate surface area is 108 Å². The fraction of sp³-hybridized carbons (Fsp3) is 0.769. The van der Waals surface area contributed by atoms with Crippen LogP contribution in [0.4, 0.5) is 0 Å². The molecule has 98 valence electrons. The summed E-state index contributed by atoms with van der Waals surface area (Å²) < 4.78 is 0. The molecule has 1 aliphatic carbocycles. The molecule has 0 radical (unpaired) electrons. The predicted octanol–water partition coefficient (Wildman–Crippen LogP) is 2.11. The zero-order valence-corrected chi connectivity index (χ0v) is 11.8. The molecule has 1 aliphatic rings. The number of amides is 1. The van der Waals surface area contributed by atoms with Crippen LogP contribution < -0.4 is 5.32 Å². The van der Waals surface area contributed by atoms with Crippen LogP contribution in [0, 0.1) is 0 Å². The SMILES string of the molecule is CS[C@@H](CO)[C@H](C)NC(=O)C(C)=C1CCCC1. The van der Waals surface area contributed by atoms with E-state index in [0.29, 0.717) is 0 Å². The summed E-state index contributed by atoms with van der Waals surface area (Å²) in [5.41, 5.74) is 2.19. The van der Waals surface area contributed by atoms with Crippen LogP contribution in [0.25, 0.3) is 0 Å². The van der Waals surface area contributed by atoms with Gasteiger partial charge < -0.3 is 10.4 Å². The van der Waals surface area contributed by atoms with E-state index >= 15 is 0 Å².